The van der Waals surface area contributed by atoms with Gasteiger partial charge in [-0.15, -0.1) is 0 Å². The van der Waals surface area contributed by atoms with E-state index in [0.29, 0.717) is 17.2 Å². The second-order valence-electron chi connectivity index (χ2n) is 3.21. The van der Waals surface area contributed by atoms with Crippen molar-refractivity contribution in [1.82, 2.24) is 9.78 Å². The van der Waals surface area contributed by atoms with Gasteiger partial charge in [0.1, 0.15) is 5.82 Å². The Morgan fingerprint density at radius 3 is 2.73 bits per heavy atom. The van der Waals surface area contributed by atoms with E-state index in [4.69, 9.17) is 5.73 Å². The van der Waals surface area contributed by atoms with Gasteiger partial charge in [-0.2, -0.15) is 5.10 Å². The summed E-state index contributed by atoms with van der Waals surface area (Å²) in [6.45, 7) is 0. The molecule has 0 aliphatic heterocycles. The summed E-state index contributed by atoms with van der Waals surface area (Å²) in [6.07, 6.45) is 1.66. The van der Waals surface area contributed by atoms with Gasteiger partial charge in [-0.25, -0.2) is 4.39 Å². The maximum absolute atomic E-state index is 13.3. The Hall–Kier alpha value is -2.04. The number of para-hydroxylation sites is 1. The molecular weight excluding hydrogens is 195 g/mol. The highest BCUT2D eigenvalue weighted by molar-refractivity contribution is 5.68. The zero-order valence-electron chi connectivity index (χ0n) is 8.24. The molecule has 2 rings (SSSR count). The minimum absolute atomic E-state index is 0.331. The average Bonchev–Trinajstić information content (AvgIpc) is 2.49. The number of hydrogen-bond acceptors (Lipinski definition) is 3. The van der Waals surface area contributed by atoms with Crippen molar-refractivity contribution in [1.29, 1.82) is 0 Å². The maximum Gasteiger partial charge on any atom is 0.175 e. The SMILES string of the molecule is Cn1cc(N)c(Nc2ccccc2F)n1. The number of nitrogens with zero attached hydrogens (tertiary/aromatic N) is 2. The summed E-state index contributed by atoms with van der Waals surface area (Å²) in [7, 11) is 1.75. The zero-order chi connectivity index (χ0) is 10.8. The molecule has 0 fully saturated rings. The predicted molar refractivity (Wildman–Crippen MR) is 57.3 cm³/mol. The molecule has 0 spiro atoms. The third-order valence-electron chi connectivity index (χ3n) is 1.98. The second-order valence-corrected chi connectivity index (χ2v) is 3.21. The Morgan fingerprint density at radius 2 is 2.13 bits per heavy atom. The molecule has 15 heavy (non-hydrogen) atoms. The number of nitrogens with two attached hydrogens (primary N) is 1. The Kier molecular flexibility index (Phi) is 2.29. The van der Waals surface area contributed by atoms with Crippen LogP contribution in [0.2, 0.25) is 0 Å². The lowest BCUT2D eigenvalue weighted by atomic mass is 10.3. The molecule has 0 bridgehead atoms. The summed E-state index contributed by atoms with van der Waals surface area (Å²) >= 11 is 0. The van der Waals surface area contributed by atoms with Gasteiger partial charge >= 0.3 is 0 Å². The van der Waals surface area contributed by atoms with Crippen molar-refractivity contribution in [2.45, 2.75) is 0 Å². The number of rotatable bonds is 2. The quantitative estimate of drug-likeness (QED) is 0.788. The van der Waals surface area contributed by atoms with E-state index in [2.05, 4.69) is 10.4 Å². The standard InChI is InChI=1S/C10H11FN4/c1-15-6-8(12)10(14-15)13-9-5-3-2-4-7(9)11/h2-6H,12H2,1H3,(H,13,14). The number of nitrogen functional groups attached to an aromatic ring is 1. The van der Waals surface area contributed by atoms with Gasteiger partial charge < -0.3 is 11.1 Å². The maximum atomic E-state index is 13.3. The van der Waals surface area contributed by atoms with Crippen molar-refractivity contribution in [3.05, 3.63) is 36.3 Å². The topological polar surface area (TPSA) is 55.9 Å². The number of nitrogens with one attached hydrogen (secondary N) is 1. The summed E-state index contributed by atoms with van der Waals surface area (Å²) in [4.78, 5) is 0. The van der Waals surface area contributed by atoms with E-state index in [1.165, 1.54) is 6.07 Å². The van der Waals surface area contributed by atoms with Crippen LogP contribution in [0.5, 0.6) is 0 Å². The second kappa shape index (κ2) is 3.61. The van der Waals surface area contributed by atoms with Crippen LogP contribution in [0.15, 0.2) is 30.5 Å². The Morgan fingerprint density at radius 1 is 1.40 bits per heavy atom. The highest BCUT2D eigenvalue weighted by Crippen LogP contribution is 2.22. The third kappa shape index (κ3) is 1.90. The molecule has 1 heterocycles. The van der Waals surface area contributed by atoms with Crippen LogP contribution < -0.4 is 11.1 Å². The van der Waals surface area contributed by atoms with Crippen LogP contribution in [0.3, 0.4) is 0 Å². The minimum Gasteiger partial charge on any atom is -0.394 e. The van der Waals surface area contributed by atoms with E-state index in [1.807, 2.05) is 0 Å². The van der Waals surface area contributed by atoms with Crippen LogP contribution in [0.1, 0.15) is 0 Å². The first-order valence-corrected chi connectivity index (χ1v) is 4.47. The summed E-state index contributed by atoms with van der Waals surface area (Å²) < 4.78 is 14.8. The molecule has 0 amide bonds. The lowest BCUT2D eigenvalue weighted by Crippen LogP contribution is -1.97. The monoisotopic (exact) mass is 206 g/mol. The molecule has 2 aromatic rings. The van der Waals surface area contributed by atoms with E-state index in [1.54, 1.807) is 36.1 Å². The minimum atomic E-state index is -0.331. The molecule has 1 aromatic heterocycles. The van der Waals surface area contributed by atoms with Crippen molar-refractivity contribution in [2.75, 3.05) is 11.1 Å². The van der Waals surface area contributed by atoms with Gasteiger partial charge in [-0.1, -0.05) is 12.1 Å². The van der Waals surface area contributed by atoms with Crippen LogP contribution in [-0.4, -0.2) is 9.78 Å². The van der Waals surface area contributed by atoms with Crippen LogP contribution in [0.4, 0.5) is 21.6 Å². The number of hydrogen-bond donors (Lipinski definition) is 2. The number of anilines is 3. The molecule has 0 saturated heterocycles. The van der Waals surface area contributed by atoms with Crippen molar-refractivity contribution >= 4 is 17.2 Å². The third-order valence-corrected chi connectivity index (χ3v) is 1.98. The fourth-order valence-corrected chi connectivity index (χ4v) is 1.29. The summed E-state index contributed by atoms with van der Waals surface area (Å²) in [5.74, 6) is 0.130. The average molecular weight is 206 g/mol. The Bertz CT molecular complexity index is 478. The summed E-state index contributed by atoms with van der Waals surface area (Å²) in [5.41, 5.74) is 6.52. The molecular formula is C10H11FN4. The first kappa shape index (κ1) is 9.51. The van der Waals surface area contributed by atoms with Gasteiger partial charge in [0.05, 0.1) is 11.4 Å². The molecule has 0 aliphatic rings. The Balaban J connectivity index is 2.29. The van der Waals surface area contributed by atoms with Crippen LogP contribution >= 0.6 is 0 Å². The van der Waals surface area contributed by atoms with Gasteiger partial charge in [0, 0.05) is 13.2 Å². The van der Waals surface area contributed by atoms with E-state index < -0.39 is 0 Å². The first-order valence-electron chi connectivity index (χ1n) is 4.47. The van der Waals surface area contributed by atoms with Crippen LogP contribution in [0, 0.1) is 5.82 Å². The molecule has 0 atom stereocenters. The predicted octanol–water partition coefficient (Wildman–Crippen LogP) is 1.88. The summed E-state index contributed by atoms with van der Waals surface area (Å²) in [5, 5.41) is 6.89. The molecule has 3 N–H and O–H groups in total. The lowest BCUT2D eigenvalue weighted by molar-refractivity contribution is 0.631. The van der Waals surface area contributed by atoms with E-state index in [9.17, 15) is 4.39 Å². The largest absolute Gasteiger partial charge is 0.394 e. The first-order chi connectivity index (χ1) is 7.16. The number of benzene rings is 1. The molecule has 4 nitrogen and oxygen atoms in total. The van der Waals surface area contributed by atoms with Crippen molar-refractivity contribution < 1.29 is 4.39 Å². The molecule has 1 aromatic carbocycles. The Labute approximate surface area is 86.5 Å². The highest BCUT2D eigenvalue weighted by Gasteiger charge is 2.06. The number of aromatic nitrogens is 2. The zero-order valence-corrected chi connectivity index (χ0v) is 8.24. The van der Waals surface area contributed by atoms with Gasteiger partial charge in [0.15, 0.2) is 5.82 Å². The summed E-state index contributed by atoms with van der Waals surface area (Å²) in [6, 6.07) is 6.37. The van der Waals surface area contributed by atoms with Gasteiger partial charge in [0.2, 0.25) is 0 Å². The van der Waals surface area contributed by atoms with Gasteiger partial charge in [0.25, 0.3) is 0 Å². The molecule has 5 heteroatoms. The molecule has 78 valence electrons. The van der Waals surface area contributed by atoms with E-state index >= 15 is 0 Å². The number of aryl methyl sites for hydroxylation is 1. The fourth-order valence-electron chi connectivity index (χ4n) is 1.29. The molecule has 0 radical (unpaired) electrons. The molecule has 0 saturated carbocycles. The smallest absolute Gasteiger partial charge is 0.175 e. The van der Waals surface area contributed by atoms with Crippen molar-refractivity contribution in [3.63, 3.8) is 0 Å². The normalized spacial score (nSPS) is 10.3. The number of halogens is 1. The van der Waals surface area contributed by atoms with Crippen molar-refractivity contribution in [2.24, 2.45) is 7.05 Å². The van der Waals surface area contributed by atoms with Crippen molar-refractivity contribution in [3.8, 4) is 0 Å². The fraction of sp³-hybridized carbons (Fsp3) is 0.100. The van der Waals surface area contributed by atoms with E-state index in [-0.39, 0.29) is 5.82 Å². The highest BCUT2D eigenvalue weighted by atomic mass is 19.1. The lowest BCUT2D eigenvalue weighted by Gasteiger charge is -2.04. The van der Waals surface area contributed by atoms with Gasteiger partial charge in [-0.3, -0.25) is 4.68 Å². The van der Waals surface area contributed by atoms with Gasteiger partial charge in [-0.05, 0) is 12.1 Å². The molecule has 0 unspecified atom stereocenters. The molecule has 0 aliphatic carbocycles. The van der Waals surface area contributed by atoms with Crippen LogP contribution in [0.25, 0.3) is 0 Å². The van der Waals surface area contributed by atoms with Crippen LogP contribution in [-0.2, 0) is 7.05 Å². The van der Waals surface area contributed by atoms with E-state index in [0.717, 1.165) is 0 Å².